The van der Waals surface area contributed by atoms with Crippen molar-refractivity contribution in [1.82, 2.24) is 15.1 Å². The molecule has 0 unspecified atom stereocenters. The number of nitrogens with one attached hydrogen (secondary N) is 1. The summed E-state index contributed by atoms with van der Waals surface area (Å²) >= 11 is 0. The zero-order valence-electron chi connectivity index (χ0n) is 15.8. The van der Waals surface area contributed by atoms with Crippen LogP contribution in [0.2, 0.25) is 0 Å². The molecule has 0 saturated heterocycles. The van der Waals surface area contributed by atoms with Gasteiger partial charge in [-0.3, -0.25) is 9.89 Å². The van der Waals surface area contributed by atoms with Crippen molar-refractivity contribution in [2.75, 3.05) is 6.54 Å². The van der Waals surface area contributed by atoms with Gasteiger partial charge in [-0.05, 0) is 24.0 Å². The standard InChI is InChI=1S/C23H24N4O/c24-23(12-13-23)22(28)27-14-11-19-18(15-27)21(26-25-19)20(16-7-3-1-4-8-16)17-9-5-2-6-10-17/h1-10,20H,11-15,24H2,(H,25,26). The minimum absolute atomic E-state index is 0.0326. The first kappa shape index (κ1) is 17.2. The number of nitrogens with zero attached hydrogens (tertiary/aromatic N) is 2. The van der Waals surface area contributed by atoms with Crippen molar-refractivity contribution in [3.63, 3.8) is 0 Å². The monoisotopic (exact) mass is 372 g/mol. The molecule has 0 atom stereocenters. The molecule has 1 aliphatic heterocycles. The fourth-order valence-electron chi connectivity index (χ4n) is 4.19. The molecule has 5 heteroatoms. The zero-order chi connectivity index (χ0) is 19.1. The van der Waals surface area contributed by atoms with E-state index in [-0.39, 0.29) is 11.8 Å². The van der Waals surface area contributed by atoms with Gasteiger partial charge in [-0.15, -0.1) is 0 Å². The van der Waals surface area contributed by atoms with Gasteiger partial charge in [-0.25, -0.2) is 0 Å². The maximum Gasteiger partial charge on any atom is 0.242 e. The maximum absolute atomic E-state index is 12.8. The van der Waals surface area contributed by atoms with E-state index in [9.17, 15) is 4.79 Å². The van der Waals surface area contributed by atoms with E-state index < -0.39 is 5.54 Å². The number of aromatic amines is 1. The van der Waals surface area contributed by atoms with Gasteiger partial charge in [-0.2, -0.15) is 5.10 Å². The highest BCUT2D eigenvalue weighted by Gasteiger charge is 2.48. The minimum Gasteiger partial charge on any atom is -0.336 e. The average Bonchev–Trinajstić information content (AvgIpc) is 3.37. The number of rotatable bonds is 4. The van der Waals surface area contributed by atoms with Crippen LogP contribution in [0.25, 0.3) is 0 Å². The van der Waals surface area contributed by atoms with E-state index in [4.69, 9.17) is 10.8 Å². The molecule has 142 valence electrons. The molecule has 1 amide bonds. The molecule has 1 aromatic heterocycles. The summed E-state index contributed by atoms with van der Waals surface area (Å²) in [5.74, 6) is 0.117. The summed E-state index contributed by atoms with van der Waals surface area (Å²) in [7, 11) is 0. The lowest BCUT2D eigenvalue weighted by molar-refractivity contribution is -0.134. The minimum atomic E-state index is -0.625. The van der Waals surface area contributed by atoms with Gasteiger partial charge < -0.3 is 10.6 Å². The molecule has 2 heterocycles. The Labute approximate surface area is 164 Å². The number of nitrogens with two attached hydrogens (primary N) is 1. The van der Waals surface area contributed by atoms with E-state index in [0.717, 1.165) is 36.2 Å². The van der Waals surface area contributed by atoms with Gasteiger partial charge in [0.05, 0.1) is 17.2 Å². The van der Waals surface area contributed by atoms with Gasteiger partial charge in [-0.1, -0.05) is 60.7 Å². The highest BCUT2D eigenvalue weighted by molar-refractivity contribution is 5.89. The van der Waals surface area contributed by atoms with Crippen LogP contribution in [0.4, 0.5) is 0 Å². The molecule has 1 fully saturated rings. The summed E-state index contributed by atoms with van der Waals surface area (Å²) < 4.78 is 0. The molecular weight excluding hydrogens is 348 g/mol. The summed E-state index contributed by atoms with van der Waals surface area (Å²) in [6.07, 6.45) is 2.38. The van der Waals surface area contributed by atoms with E-state index in [2.05, 4.69) is 53.6 Å². The highest BCUT2D eigenvalue weighted by Crippen LogP contribution is 2.38. The number of amides is 1. The number of carbonyl (C=O) groups is 1. The Kier molecular flexibility index (Phi) is 4.05. The van der Waals surface area contributed by atoms with Gasteiger partial charge >= 0.3 is 0 Å². The third kappa shape index (κ3) is 2.92. The lowest BCUT2D eigenvalue weighted by Gasteiger charge is -2.30. The largest absolute Gasteiger partial charge is 0.336 e. The highest BCUT2D eigenvalue weighted by atomic mass is 16.2. The first-order valence-electron chi connectivity index (χ1n) is 9.90. The quantitative estimate of drug-likeness (QED) is 0.739. The second kappa shape index (κ2) is 6.60. The van der Waals surface area contributed by atoms with E-state index in [1.807, 2.05) is 17.0 Å². The van der Waals surface area contributed by atoms with E-state index in [1.165, 1.54) is 11.1 Å². The van der Waals surface area contributed by atoms with Crippen molar-refractivity contribution in [3.8, 4) is 0 Å². The van der Waals surface area contributed by atoms with Crippen LogP contribution in [0, 0.1) is 0 Å². The Morgan fingerprint density at radius 1 is 1.04 bits per heavy atom. The Balaban J connectivity index is 1.55. The third-order valence-corrected chi connectivity index (χ3v) is 6.01. The van der Waals surface area contributed by atoms with Crippen molar-refractivity contribution in [3.05, 3.63) is 88.7 Å². The van der Waals surface area contributed by atoms with Crippen LogP contribution in [0.3, 0.4) is 0 Å². The molecular formula is C23H24N4O. The molecule has 1 aliphatic carbocycles. The maximum atomic E-state index is 12.8. The van der Waals surface area contributed by atoms with Crippen LogP contribution in [-0.2, 0) is 17.8 Å². The van der Waals surface area contributed by atoms with Crippen LogP contribution in [0.1, 0.15) is 46.8 Å². The number of H-pyrrole nitrogens is 1. The van der Waals surface area contributed by atoms with Gasteiger partial charge in [0.1, 0.15) is 0 Å². The van der Waals surface area contributed by atoms with Gasteiger partial charge in [0, 0.05) is 30.8 Å². The number of aromatic nitrogens is 2. The van der Waals surface area contributed by atoms with Crippen molar-refractivity contribution < 1.29 is 4.79 Å². The predicted molar refractivity (Wildman–Crippen MR) is 108 cm³/mol. The average molecular weight is 372 g/mol. The summed E-state index contributed by atoms with van der Waals surface area (Å²) in [6, 6.07) is 20.9. The first-order chi connectivity index (χ1) is 13.7. The molecule has 0 radical (unpaired) electrons. The molecule has 0 bridgehead atoms. The predicted octanol–water partition coefficient (Wildman–Crippen LogP) is 2.97. The smallest absolute Gasteiger partial charge is 0.242 e. The molecule has 2 aliphatic rings. The van der Waals surface area contributed by atoms with Crippen LogP contribution in [0.5, 0.6) is 0 Å². The third-order valence-electron chi connectivity index (χ3n) is 6.01. The lowest BCUT2D eigenvalue weighted by Crippen LogP contribution is -2.47. The zero-order valence-corrected chi connectivity index (χ0v) is 15.8. The summed E-state index contributed by atoms with van der Waals surface area (Å²) in [5.41, 5.74) is 11.2. The van der Waals surface area contributed by atoms with Crippen LogP contribution >= 0.6 is 0 Å². The summed E-state index contributed by atoms with van der Waals surface area (Å²) in [4.78, 5) is 14.7. The second-order valence-corrected chi connectivity index (χ2v) is 7.95. The Morgan fingerprint density at radius 2 is 1.64 bits per heavy atom. The summed E-state index contributed by atoms with van der Waals surface area (Å²) in [6.45, 7) is 1.28. The Bertz CT molecular complexity index is 952. The molecule has 1 saturated carbocycles. The van der Waals surface area contributed by atoms with Crippen molar-refractivity contribution in [1.29, 1.82) is 0 Å². The molecule has 3 aromatic rings. The molecule has 2 aromatic carbocycles. The van der Waals surface area contributed by atoms with Crippen molar-refractivity contribution in [2.24, 2.45) is 5.73 Å². The fraction of sp³-hybridized carbons (Fsp3) is 0.304. The first-order valence-corrected chi connectivity index (χ1v) is 9.90. The topological polar surface area (TPSA) is 75.0 Å². The molecule has 5 rings (SSSR count). The number of fused-ring (bicyclic) bond motifs is 1. The van der Waals surface area contributed by atoms with Crippen molar-refractivity contribution in [2.45, 2.75) is 37.3 Å². The van der Waals surface area contributed by atoms with E-state index >= 15 is 0 Å². The summed E-state index contributed by atoms with van der Waals surface area (Å²) in [5, 5.41) is 7.97. The van der Waals surface area contributed by atoms with Crippen molar-refractivity contribution >= 4 is 5.91 Å². The van der Waals surface area contributed by atoms with Crippen LogP contribution in [0.15, 0.2) is 60.7 Å². The number of benzene rings is 2. The van der Waals surface area contributed by atoms with E-state index in [0.29, 0.717) is 13.1 Å². The molecule has 0 spiro atoms. The van der Waals surface area contributed by atoms with Crippen LogP contribution < -0.4 is 5.73 Å². The fourth-order valence-corrected chi connectivity index (χ4v) is 4.19. The lowest BCUT2D eigenvalue weighted by atomic mass is 9.85. The molecule has 5 nitrogen and oxygen atoms in total. The Morgan fingerprint density at radius 3 is 2.21 bits per heavy atom. The van der Waals surface area contributed by atoms with E-state index in [1.54, 1.807) is 0 Å². The SMILES string of the molecule is NC1(C(=O)N2CCc3[nH]nc(C(c4ccccc4)c4ccccc4)c3C2)CC1. The number of hydrogen-bond donors (Lipinski definition) is 2. The molecule has 28 heavy (non-hydrogen) atoms. The second-order valence-electron chi connectivity index (χ2n) is 7.95. The van der Waals surface area contributed by atoms with Gasteiger partial charge in [0.2, 0.25) is 5.91 Å². The van der Waals surface area contributed by atoms with Crippen LogP contribution in [-0.4, -0.2) is 33.1 Å². The number of hydrogen-bond acceptors (Lipinski definition) is 3. The van der Waals surface area contributed by atoms with Gasteiger partial charge in [0.25, 0.3) is 0 Å². The number of carbonyl (C=O) groups excluding carboxylic acids is 1. The molecule has 3 N–H and O–H groups in total. The van der Waals surface area contributed by atoms with Gasteiger partial charge in [0.15, 0.2) is 0 Å². The normalized spacial score (nSPS) is 17.4. The Hall–Kier alpha value is -2.92.